The number of thiazole rings is 1. The number of carbonyl (C=O) groups is 1. The quantitative estimate of drug-likeness (QED) is 0.401. The number of methoxy groups -OCH3 is 2. The van der Waals surface area contributed by atoms with Crippen molar-refractivity contribution in [2.24, 2.45) is 0 Å². The molecule has 0 amide bonds. The molecule has 142 valence electrons. The second kappa shape index (κ2) is 7.43. The molecule has 0 aliphatic carbocycles. The van der Waals surface area contributed by atoms with E-state index in [1.807, 2.05) is 0 Å². The van der Waals surface area contributed by atoms with E-state index in [1.54, 1.807) is 6.07 Å². The van der Waals surface area contributed by atoms with Gasteiger partial charge in [0.05, 0.1) is 19.1 Å². The molecule has 5 nitrogen and oxygen atoms in total. The van der Waals surface area contributed by atoms with Crippen LogP contribution < -0.4 is 4.74 Å². The SMILES string of the molecule is COC(=O)c1nc(-c2ccc(OC)c3nc(C(F)(F)F)ccc23)sc1CBr. The number of benzene rings is 1. The van der Waals surface area contributed by atoms with Gasteiger partial charge in [0, 0.05) is 16.3 Å². The summed E-state index contributed by atoms with van der Waals surface area (Å²) in [5, 5.41) is 1.30. The molecule has 3 aromatic rings. The molecule has 0 radical (unpaired) electrons. The van der Waals surface area contributed by atoms with Crippen molar-refractivity contribution in [1.82, 2.24) is 9.97 Å². The standard InChI is InChI=1S/C17H12BrF3N2O3S/c1-25-10-5-3-9(8-4-6-12(17(19,20)21)22-13(8)10)15-23-14(16(24)26-2)11(7-18)27-15/h3-6H,7H2,1-2H3. The average molecular weight is 461 g/mol. The lowest BCUT2D eigenvalue weighted by Gasteiger charge is -2.11. The van der Waals surface area contributed by atoms with Crippen LogP contribution in [0.3, 0.4) is 0 Å². The van der Waals surface area contributed by atoms with Crippen LogP contribution in [-0.4, -0.2) is 30.2 Å². The van der Waals surface area contributed by atoms with E-state index in [1.165, 1.54) is 37.7 Å². The largest absolute Gasteiger partial charge is 0.494 e. The summed E-state index contributed by atoms with van der Waals surface area (Å²) in [6.07, 6.45) is -4.57. The Morgan fingerprint density at radius 2 is 1.93 bits per heavy atom. The molecule has 10 heteroatoms. The molecule has 27 heavy (non-hydrogen) atoms. The zero-order chi connectivity index (χ0) is 19.8. The number of pyridine rings is 1. The third kappa shape index (κ3) is 3.63. The van der Waals surface area contributed by atoms with E-state index >= 15 is 0 Å². The Morgan fingerprint density at radius 1 is 1.19 bits per heavy atom. The highest BCUT2D eigenvalue weighted by Gasteiger charge is 2.33. The van der Waals surface area contributed by atoms with E-state index in [0.29, 0.717) is 26.2 Å². The Balaban J connectivity index is 2.24. The number of hydrogen-bond donors (Lipinski definition) is 0. The zero-order valence-electron chi connectivity index (χ0n) is 14.1. The number of fused-ring (bicyclic) bond motifs is 1. The van der Waals surface area contributed by atoms with Crippen molar-refractivity contribution >= 4 is 44.1 Å². The number of hydrogen-bond acceptors (Lipinski definition) is 6. The van der Waals surface area contributed by atoms with Crippen molar-refractivity contribution in [3.8, 4) is 16.3 Å². The van der Waals surface area contributed by atoms with Crippen molar-refractivity contribution in [2.75, 3.05) is 14.2 Å². The predicted octanol–water partition coefficient (Wildman–Crippen LogP) is 5.07. The maximum Gasteiger partial charge on any atom is 0.433 e. The topological polar surface area (TPSA) is 61.3 Å². The molecule has 2 heterocycles. The lowest BCUT2D eigenvalue weighted by molar-refractivity contribution is -0.140. The van der Waals surface area contributed by atoms with Crippen molar-refractivity contribution in [1.29, 1.82) is 0 Å². The molecule has 1 aromatic carbocycles. The smallest absolute Gasteiger partial charge is 0.433 e. The summed E-state index contributed by atoms with van der Waals surface area (Å²) in [5.41, 5.74) is -0.228. The van der Waals surface area contributed by atoms with Crippen molar-refractivity contribution in [3.05, 3.63) is 40.5 Å². The molecule has 0 unspecified atom stereocenters. The van der Waals surface area contributed by atoms with Crippen molar-refractivity contribution in [3.63, 3.8) is 0 Å². The lowest BCUT2D eigenvalue weighted by atomic mass is 10.1. The van der Waals surface area contributed by atoms with Crippen molar-refractivity contribution < 1.29 is 27.4 Å². The maximum atomic E-state index is 13.0. The van der Waals surface area contributed by atoms with Gasteiger partial charge in [-0.05, 0) is 24.3 Å². The zero-order valence-corrected chi connectivity index (χ0v) is 16.5. The van der Waals surface area contributed by atoms with Crippen LogP contribution >= 0.6 is 27.3 Å². The second-order valence-corrected chi connectivity index (χ2v) is 6.97. The van der Waals surface area contributed by atoms with Gasteiger partial charge in [-0.2, -0.15) is 13.2 Å². The van der Waals surface area contributed by atoms with Gasteiger partial charge in [0.15, 0.2) is 5.69 Å². The molecule has 2 aromatic heterocycles. The molecular formula is C17H12BrF3N2O3S. The molecule has 0 aliphatic rings. The number of aromatic nitrogens is 2. The third-order valence-corrected chi connectivity index (χ3v) is 5.78. The summed E-state index contributed by atoms with van der Waals surface area (Å²) in [6.45, 7) is 0. The molecule has 0 spiro atoms. The first-order valence-corrected chi connectivity index (χ1v) is 9.43. The molecule has 0 saturated heterocycles. The van der Waals surface area contributed by atoms with Crippen LogP contribution in [0.25, 0.3) is 21.5 Å². The van der Waals surface area contributed by atoms with Gasteiger partial charge in [0.2, 0.25) is 0 Å². The highest BCUT2D eigenvalue weighted by Crippen LogP contribution is 2.39. The van der Waals surface area contributed by atoms with Crippen LogP contribution in [0.1, 0.15) is 21.1 Å². The van der Waals surface area contributed by atoms with Gasteiger partial charge >= 0.3 is 12.1 Å². The molecule has 0 fully saturated rings. The molecular weight excluding hydrogens is 449 g/mol. The first-order valence-electron chi connectivity index (χ1n) is 7.49. The highest BCUT2D eigenvalue weighted by atomic mass is 79.9. The van der Waals surface area contributed by atoms with Crippen molar-refractivity contribution in [2.45, 2.75) is 11.5 Å². The number of alkyl halides is 4. The summed E-state index contributed by atoms with van der Waals surface area (Å²) >= 11 is 4.55. The summed E-state index contributed by atoms with van der Waals surface area (Å²) in [5.74, 6) is -0.368. The molecule has 0 N–H and O–H groups in total. The first kappa shape index (κ1) is 19.6. The van der Waals surface area contributed by atoms with Crippen LogP contribution in [0.5, 0.6) is 5.75 Å². The van der Waals surface area contributed by atoms with Gasteiger partial charge in [-0.15, -0.1) is 11.3 Å². The fourth-order valence-electron chi connectivity index (χ4n) is 2.51. The van der Waals surface area contributed by atoms with Gasteiger partial charge in [-0.1, -0.05) is 15.9 Å². The first-order chi connectivity index (χ1) is 12.8. The molecule has 3 rings (SSSR count). The predicted molar refractivity (Wildman–Crippen MR) is 98.4 cm³/mol. The average Bonchev–Trinajstić information content (AvgIpc) is 3.09. The Hall–Kier alpha value is -2.20. The van der Waals surface area contributed by atoms with Crippen LogP contribution in [0.4, 0.5) is 13.2 Å². The number of esters is 1. The lowest BCUT2D eigenvalue weighted by Crippen LogP contribution is -2.08. The maximum absolute atomic E-state index is 13.0. The molecule has 0 bridgehead atoms. The van der Waals surface area contributed by atoms with E-state index in [9.17, 15) is 18.0 Å². The minimum Gasteiger partial charge on any atom is -0.494 e. The second-order valence-electron chi connectivity index (χ2n) is 5.32. The Bertz CT molecular complexity index is 1020. The Morgan fingerprint density at radius 3 is 2.52 bits per heavy atom. The fourth-order valence-corrected chi connectivity index (χ4v) is 4.06. The normalized spacial score (nSPS) is 11.6. The minimum atomic E-state index is -4.57. The fraction of sp³-hybridized carbons (Fsp3) is 0.235. The highest BCUT2D eigenvalue weighted by molar-refractivity contribution is 9.08. The monoisotopic (exact) mass is 460 g/mol. The number of carbonyl (C=O) groups excluding carboxylic acids is 1. The van der Waals surface area contributed by atoms with E-state index in [0.717, 1.165) is 6.07 Å². The Kier molecular flexibility index (Phi) is 5.38. The summed E-state index contributed by atoms with van der Waals surface area (Å²) in [7, 11) is 2.61. The molecule has 0 saturated carbocycles. The number of rotatable bonds is 4. The van der Waals surface area contributed by atoms with E-state index < -0.39 is 17.8 Å². The van der Waals surface area contributed by atoms with E-state index in [4.69, 9.17) is 9.47 Å². The van der Waals surface area contributed by atoms with Crippen LogP contribution in [-0.2, 0) is 16.2 Å². The third-order valence-electron chi connectivity index (χ3n) is 3.76. The summed E-state index contributed by atoms with van der Waals surface area (Å²) in [6, 6.07) is 5.44. The number of ether oxygens (including phenoxy) is 2. The van der Waals surface area contributed by atoms with E-state index in [2.05, 4.69) is 25.9 Å². The van der Waals surface area contributed by atoms with Gasteiger partial charge in [0.25, 0.3) is 0 Å². The summed E-state index contributed by atoms with van der Waals surface area (Å²) in [4.78, 5) is 20.6. The van der Waals surface area contributed by atoms with E-state index in [-0.39, 0.29) is 17.0 Å². The Labute approximate surface area is 164 Å². The minimum absolute atomic E-state index is 0.0695. The summed E-state index contributed by atoms with van der Waals surface area (Å²) < 4.78 is 49.0. The van der Waals surface area contributed by atoms with Gasteiger partial charge in [-0.25, -0.2) is 14.8 Å². The molecule has 0 atom stereocenters. The van der Waals surface area contributed by atoms with Crippen LogP contribution in [0.2, 0.25) is 0 Å². The van der Waals surface area contributed by atoms with Gasteiger partial charge in [0.1, 0.15) is 22.0 Å². The van der Waals surface area contributed by atoms with Crippen LogP contribution in [0, 0.1) is 0 Å². The van der Waals surface area contributed by atoms with Crippen LogP contribution in [0.15, 0.2) is 24.3 Å². The van der Waals surface area contributed by atoms with Gasteiger partial charge < -0.3 is 9.47 Å². The molecule has 0 aliphatic heterocycles. The number of nitrogens with zero attached hydrogens (tertiary/aromatic N) is 2. The van der Waals surface area contributed by atoms with Gasteiger partial charge in [-0.3, -0.25) is 0 Å². The number of halogens is 4.